The van der Waals surface area contributed by atoms with Crippen LogP contribution in [0, 0.1) is 0 Å². The molecular formula is C13H18O5S. The zero-order valence-electron chi connectivity index (χ0n) is 10.6. The number of hydrogen-bond acceptors (Lipinski definition) is 3. The first kappa shape index (κ1) is 15.7. The average Bonchev–Trinajstić information content (AvgIpc) is 2.32. The van der Waals surface area contributed by atoms with E-state index in [0.29, 0.717) is 6.42 Å². The van der Waals surface area contributed by atoms with Gasteiger partial charge in [-0.05, 0) is 37.0 Å². The summed E-state index contributed by atoms with van der Waals surface area (Å²) in [7, 11) is -4.12. The number of aryl methyl sites for hydroxylation is 1. The number of carboxylic acids is 1. The highest BCUT2D eigenvalue weighted by Gasteiger charge is 2.08. The molecule has 0 radical (unpaired) electrons. The average molecular weight is 286 g/mol. The van der Waals surface area contributed by atoms with Gasteiger partial charge in [0.25, 0.3) is 10.1 Å². The van der Waals surface area contributed by atoms with Crippen molar-refractivity contribution >= 4 is 16.1 Å². The van der Waals surface area contributed by atoms with Crippen molar-refractivity contribution in [1.29, 1.82) is 0 Å². The fraction of sp³-hybridized carbons (Fsp3) is 0.462. The summed E-state index contributed by atoms with van der Waals surface area (Å²) >= 11 is 0. The third-order valence-electron chi connectivity index (χ3n) is 2.83. The van der Waals surface area contributed by atoms with Crippen molar-refractivity contribution in [3.63, 3.8) is 0 Å². The number of benzene rings is 1. The molecule has 0 heterocycles. The first-order chi connectivity index (χ1) is 8.89. The van der Waals surface area contributed by atoms with Crippen LogP contribution in [0.15, 0.2) is 29.2 Å². The van der Waals surface area contributed by atoms with E-state index in [9.17, 15) is 13.2 Å². The molecular weight excluding hydrogens is 268 g/mol. The minimum absolute atomic E-state index is 0.0993. The molecule has 6 heteroatoms. The number of carbonyl (C=O) groups is 1. The van der Waals surface area contributed by atoms with E-state index in [2.05, 4.69) is 0 Å². The Morgan fingerprint density at radius 3 is 2.11 bits per heavy atom. The second kappa shape index (κ2) is 7.25. The Bertz CT molecular complexity index is 504. The highest BCUT2D eigenvalue weighted by atomic mass is 32.2. The van der Waals surface area contributed by atoms with Crippen LogP contribution in [0.3, 0.4) is 0 Å². The number of aliphatic carboxylic acids is 1. The van der Waals surface area contributed by atoms with Crippen molar-refractivity contribution in [3.05, 3.63) is 29.8 Å². The molecule has 0 aliphatic carbocycles. The van der Waals surface area contributed by atoms with Gasteiger partial charge in [0.2, 0.25) is 0 Å². The Labute approximate surface area is 113 Å². The van der Waals surface area contributed by atoms with Gasteiger partial charge >= 0.3 is 5.97 Å². The zero-order chi connectivity index (χ0) is 14.3. The normalized spacial score (nSPS) is 11.4. The summed E-state index contributed by atoms with van der Waals surface area (Å²) < 4.78 is 30.5. The van der Waals surface area contributed by atoms with Gasteiger partial charge in [-0.15, -0.1) is 0 Å². The fourth-order valence-electron chi connectivity index (χ4n) is 1.79. The van der Waals surface area contributed by atoms with Crippen LogP contribution >= 0.6 is 0 Å². The van der Waals surface area contributed by atoms with Gasteiger partial charge in [-0.25, -0.2) is 0 Å². The molecule has 0 spiro atoms. The third-order valence-corrected chi connectivity index (χ3v) is 3.70. The fourth-order valence-corrected chi connectivity index (χ4v) is 2.27. The van der Waals surface area contributed by atoms with Gasteiger partial charge in [0, 0.05) is 6.42 Å². The Morgan fingerprint density at radius 1 is 1.00 bits per heavy atom. The van der Waals surface area contributed by atoms with Crippen LogP contribution in [-0.2, 0) is 21.3 Å². The second-order valence-electron chi connectivity index (χ2n) is 4.43. The van der Waals surface area contributed by atoms with Crippen molar-refractivity contribution in [2.75, 3.05) is 0 Å². The monoisotopic (exact) mass is 286 g/mol. The van der Waals surface area contributed by atoms with Crippen LogP contribution in [0.4, 0.5) is 0 Å². The summed E-state index contributed by atoms with van der Waals surface area (Å²) in [6.45, 7) is 0. The lowest BCUT2D eigenvalue weighted by Crippen LogP contribution is -1.98. The van der Waals surface area contributed by atoms with Gasteiger partial charge in [-0.2, -0.15) is 8.42 Å². The van der Waals surface area contributed by atoms with Crippen molar-refractivity contribution < 1.29 is 22.9 Å². The summed E-state index contributed by atoms with van der Waals surface area (Å²) in [6, 6.07) is 6.13. The van der Waals surface area contributed by atoms with Gasteiger partial charge in [0.1, 0.15) is 0 Å². The van der Waals surface area contributed by atoms with Gasteiger partial charge in [-0.1, -0.05) is 25.0 Å². The van der Waals surface area contributed by atoms with Crippen molar-refractivity contribution in [2.45, 2.75) is 43.4 Å². The number of rotatable bonds is 8. The molecule has 5 nitrogen and oxygen atoms in total. The molecule has 0 atom stereocenters. The van der Waals surface area contributed by atoms with Crippen molar-refractivity contribution in [2.24, 2.45) is 0 Å². The van der Waals surface area contributed by atoms with E-state index >= 15 is 0 Å². The van der Waals surface area contributed by atoms with Gasteiger partial charge < -0.3 is 5.11 Å². The number of carboxylic acid groups (broad SMARTS) is 1. The standard InChI is InChI=1S/C13H18O5S/c14-13(15)6-4-2-1-3-5-11-7-9-12(10-8-11)19(16,17)18/h7-10H,1-6H2,(H,14,15)(H,16,17,18). The van der Waals surface area contributed by atoms with E-state index in [-0.39, 0.29) is 11.3 Å². The maximum Gasteiger partial charge on any atom is 0.303 e. The van der Waals surface area contributed by atoms with Crippen molar-refractivity contribution in [1.82, 2.24) is 0 Å². The minimum atomic E-state index is -4.12. The first-order valence-corrected chi connectivity index (χ1v) is 7.62. The highest BCUT2D eigenvalue weighted by molar-refractivity contribution is 7.85. The smallest absolute Gasteiger partial charge is 0.303 e. The van der Waals surface area contributed by atoms with E-state index < -0.39 is 16.1 Å². The minimum Gasteiger partial charge on any atom is -0.481 e. The molecule has 1 aromatic carbocycles. The highest BCUT2D eigenvalue weighted by Crippen LogP contribution is 2.13. The van der Waals surface area contributed by atoms with Gasteiger partial charge in [0.15, 0.2) is 0 Å². The Kier molecular flexibility index (Phi) is 5.98. The Morgan fingerprint density at radius 2 is 1.58 bits per heavy atom. The summed E-state index contributed by atoms with van der Waals surface area (Å²) in [5, 5.41) is 8.47. The molecule has 0 unspecified atom stereocenters. The van der Waals surface area contributed by atoms with E-state index in [4.69, 9.17) is 9.66 Å². The number of unbranched alkanes of at least 4 members (excludes halogenated alkanes) is 3. The van der Waals surface area contributed by atoms with Crippen LogP contribution in [0.1, 0.15) is 37.7 Å². The molecule has 0 aliphatic rings. The van der Waals surface area contributed by atoms with Crippen LogP contribution in [0.25, 0.3) is 0 Å². The molecule has 2 N–H and O–H groups in total. The van der Waals surface area contributed by atoms with Gasteiger partial charge in [0.05, 0.1) is 4.90 Å². The Hall–Kier alpha value is -1.40. The van der Waals surface area contributed by atoms with E-state index in [1.165, 1.54) is 12.1 Å². The largest absolute Gasteiger partial charge is 0.481 e. The predicted octanol–water partition coefficient (Wildman–Crippen LogP) is 2.51. The maximum absolute atomic E-state index is 10.8. The topological polar surface area (TPSA) is 91.7 Å². The zero-order valence-corrected chi connectivity index (χ0v) is 11.4. The SMILES string of the molecule is O=C(O)CCCCCCc1ccc(S(=O)(=O)O)cc1. The van der Waals surface area contributed by atoms with E-state index in [1.54, 1.807) is 12.1 Å². The Balaban J connectivity index is 2.29. The lowest BCUT2D eigenvalue weighted by molar-refractivity contribution is -0.137. The van der Waals surface area contributed by atoms with E-state index in [1.807, 2.05) is 0 Å². The quantitative estimate of drug-likeness (QED) is 0.566. The van der Waals surface area contributed by atoms with Crippen LogP contribution in [0.2, 0.25) is 0 Å². The molecule has 0 amide bonds. The van der Waals surface area contributed by atoms with E-state index in [0.717, 1.165) is 31.2 Å². The molecule has 0 saturated heterocycles. The molecule has 0 fully saturated rings. The summed E-state index contributed by atoms with van der Waals surface area (Å²) in [4.78, 5) is 10.2. The molecule has 19 heavy (non-hydrogen) atoms. The number of hydrogen-bond donors (Lipinski definition) is 2. The molecule has 0 aromatic heterocycles. The van der Waals surface area contributed by atoms with Crippen LogP contribution in [0.5, 0.6) is 0 Å². The molecule has 1 rings (SSSR count). The van der Waals surface area contributed by atoms with Gasteiger partial charge in [-0.3, -0.25) is 9.35 Å². The third kappa shape index (κ3) is 6.35. The molecule has 0 saturated carbocycles. The lowest BCUT2D eigenvalue weighted by Gasteiger charge is -2.03. The van der Waals surface area contributed by atoms with Crippen LogP contribution in [-0.4, -0.2) is 24.0 Å². The molecule has 0 aliphatic heterocycles. The first-order valence-electron chi connectivity index (χ1n) is 6.18. The summed E-state index contributed by atoms with van der Waals surface area (Å²) in [5.41, 5.74) is 1.01. The predicted molar refractivity (Wildman–Crippen MR) is 70.7 cm³/mol. The summed E-state index contributed by atoms with van der Waals surface area (Å²) in [6.07, 6.45) is 4.49. The maximum atomic E-state index is 10.8. The second-order valence-corrected chi connectivity index (χ2v) is 5.85. The molecule has 1 aromatic rings. The van der Waals surface area contributed by atoms with Crippen LogP contribution < -0.4 is 0 Å². The lowest BCUT2D eigenvalue weighted by atomic mass is 10.1. The molecule has 106 valence electrons. The van der Waals surface area contributed by atoms with Crippen molar-refractivity contribution in [3.8, 4) is 0 Å². The summed E-state index contributed by atoms with van der Waals surface area (Å²) in [5.74, 6) is -0.763. The molecule has 0 bridgehead atoms.